The molecule has 2 aromatic rings. The molecule has 0 aliphatic heterocycles. The Kier molecular flexibility index (Phi) is 5.39. The van der Waals surface area contributed by atoms with Crippen LogP contribution >= 0.6 is 11.6 Å². The summed E-state index contributed by atoms with van der Waals surface area (Å²) in [5.41, 5.74) is 2.08. The molecule has 0 fully saturated rings. The third kappa shape index (κ3) is 4.90. The maximum absolute atomic E-state index is 11.7. The molecule has 0 radical (unpaired) electrons. The average molecular weight is 286 g/mol. The van der Waals surface area contributed by atoms with E-state index in [1.54, 1.807) is 0 Å². The van der Waals surface area contributed by atoms with E-state index in [4.69, 9.17) is 11.6 Å². The zero-order chi connectivity index (χ0) is 14.2. The van der Waals surface area contributed by atoms with Gasteiger partial charge in [-0.2, -0.15) is 0 Å². The van der Waals surface area contributed by atoms with Crippen molar-refractivity contribution in [1.29, 1.82) is 0 Å². The minimum Gasteiger partial charge on any atom is -0.352 e. The quantitative estimate of drug-likeness (QED) is 0.891. The number of halogens is 1. The van der Waals surface area contributed by atoms with Crippen molar-refractivity contribution in [1.82, 2.24) is 5.32 Å². The third-order valence-corrected chi connectivity index (χ3v) is 3.06. The largest absolute Gasteiger partial charge is 0.352 e. The maximum atomic E-state index is 11.7. The van der Waals surface area contributed by atoms with Crippen LogP contribution in [0.15, 0.2) is 60.7 Å². The SMILES string of the molecule is O=C(Cc1ccccc1)NCC=Cc1ccc(Cl)cc1. The van der Waals surface area contributed by atoms with Gasteiger partial charge in [-0.25, -0.2) is 0 Å². The average Bonchev–Trinajstić information content (AvgIpc) is 2.46. The lowest BCUT2D eigenvalue weighted by molar-refractivity contribution is -0.120. The number of amides is 1. The van der Waals surface area contributed by atoms with Gasteiger partial charge in [0, 0.05) is 11.6 Å². The fraction of sp³-hybridized carbons (Fsp3) is 0.118. The Morgan fingerprint density at radius 1 is 1.05 bits per heavy atom. The minimum absolute atomic E-state index is 0.0250. The van der Waals surface area contributed by atoms with Crippen LogP contribution in [0.25, 0.3) is 6.08 Å². The van der Waals surface area contributed by atoms with Crippen LogP contribution in [-0.2, 0) is 11.2 Å². The van der Waals surface area contributed by atoms with Gasteiger partial charge in [-0.3, -0.25) is 4.79 Å². The van der Waals surface area contributed by atoms with Gasteiger partial charge in [0.1, 0.15) is 0 Å². The van der Waals surface area contributed by atoms with E-state index < -0.39 is 0 Å². The van der Waals surface area contributed by atoms with E-state index in [1.165, 1.54) is 0 Å². The van der Waals surface area contributed by atoms with Crippen LogP contribution in [-0.4, -0.2) is 12.5 Å². The normalized spacial score (nSPS) is 10.7. The Labute approximate surface area is 124 Å². The van der Waals surface area contributed by atoms with E-state index in [9.17, 15) is 4.79 Å². The highest BCUT2D eigenvalue weighted by Gasteiger charge is 2.00. The summed E-state index contributed by atoms with van der Waals surface area (Å²) in [5, 5.41) is 3.58. The summed E-state index contributed by atoms with van der Waals surface area (Å²) in [5.74, 6) is 0.0250. The number of rotatable bonds is 5. The van der Waals surface area contributed by atoms with Gasteiger partial charge in [-0.1, -0.05) is 66.2 Å². The summed E-state index contributed by atoms with van der Waals surface area (Å²) in [6.45, 7) is 0.522. The van der Waals surface area contributed by atoms with Gasteiger partial charge < -0.3 is 5.32 Å². The van der Waals surface area contributed by atoms with Crippen LogP contribution in [0.2, 0.25) is 5.02 Å². The molecule has 3 heteroatoms. The number of nitrogens with one attached hydrogen (secondary N) is 1. The van der Waals surface area contributed by atoms with Crippen molar-refractivity contribution in [3.8, 4) is 0 Å². The van der Waals surface area contributed by atoms with Crippen molar-refractivity contribution in [3.05, 3.63) is 76.8 Å². The first-order valence-electron chi connectivity index (χ1n) is 6.47. The smallest absolute Gasteiger partial charge is 0.224 e. The van der Waals surface area contributed by atoms with E-state index in [0.717, 1.165) is 16.1 Å². The lowest BCUT2D eigenvalue weighted by Crippen LogP contribution is -2.24. The van der Waals surface area contributed by atoms with E-state index in [1.807, 2.05) is 66.7 Å². The molecule has 2 aromatic carbocycles. The predicted octanol–water partition coefficient (Wildman–Crippen LogP) is 3.71. The van der Waals surface area contributed by atoms with Crippen LogP contribution in [0.3, 0.4) is 0 Å². The first kappa shape index (κ1) is 14.4. The van der Waals surface area contributed by atoms with Gasteiger partial charge in [0.25, 0.3) is 0 Å². The number of hydrogen-bond donors (Lipinski definition) is 1. The summed E-state index contributed by atoms with van der Waals surface area (Å²) in [6.07, 6.45) is 4.29. The molecule has 0 aliphatic carbocycles. The molecule has 102 valence electrons. The highest BCUT2D eigenvalue weighted by Crippen LogP contribution is 2.10. The number of benzene rings is 2. The first-order chi connectivity index (χ1) is 9.74. The van der Waals surface area contributed by atoms with Crippen molar-refractivity contribution in [3.63, 3.8) is 0 Å². The van der Waals surface area contributed by atoms with Gasteiger partial charge in [-0.05, 0) is 23.3 Å². The molecule has 2 rings (SSSR count). The fourth-order valence-corrected chi connectivity index (χ4v) is 1.91. The summed E-state index contributed by atoms with van der Waals surface area (Å²) in [7, 11) is 0. The molecular weight excluding hydrogens is 270 g/mol. The maximum Gasteiger partial charge on any atom is 0.224 e. The molecule has 1 amide bonds. The Morgan fingerprint density at radius 2 is 1.75 bits per heavy atom. The standard InChI is InChI=1S/C17H16ClNO/c18-16-10-8-14(9-11-16)7-4-12-19-17(20)13-15-5-2-1-3-6-15/h1-11H,12-13H2,(H,19,20). The minimum atomic E-state index is 0.0250. The van der Waals surface area contributed by atoms with Gasteiger partial charge in [0.05, 0.1) is 6.42 Å². The molecule has 20 heavy (non-hydrogen) atoms. The number of carbonyl (C=O) groups is 1. The Bertz CT molecular complexity index is 576. The summed E-state index contributed by atoms with van der Waals surface area (Å²) in [6, 6.07) is 17.3. The molecule has 0 aliphatic rings. The Balaban J connectivity index is 1.75. The molecular formula is C17H16ClNO. The fourth-order valence-electron chi connectivity index (χ4n) is 1.79. The number of carbonyl (C=O) groups excluding carboxylic acids is 1. The predicted molar refractivity (Wildman–Crippen MR) is 83.6 cm³/mol. The molecule has 0 spiro atoms. The molecule has 0 atom stereocenters. The summed E-state index contributed by atoms with van der Waals surface area (Å²) in [4.78, 5) is 11.7. The van der Waals surface area contributed by atoms with Crippen molar-refractivity contribution in [2.24, 2.45) is 0 Å². The summed E-state index contributed by atoms with van der Waals surface area (Å²) >= 11 is 5.81. The highest BCUT2D eigenvalue weighted by molar-refractivity contribution is 6.30. The lowest BCUT2D eigenvalue weighted by atomic mass is 10.1. The van der Waals surface area contributed by atoms with Crippen molar-refractivity contribution in [2.45, 2.75) is 6.42 Å². The molecule has 2 nitrogen and oxygen atoms in total. The van der Waals surface area contributed by atoms with Gasteiger partial charge in [0.2, 0.25) is 5.91 Å². The topological polar surface area (TPSA) is 29.1 Å². The second kappa shape index (κ2) is 7.51. The van der Waals surface area contributed by atoms with E-state index in [2.05, 4.69) is 5.32 Å². The Morgan fingerprint density at radius 3 is 2.45 bits per heavy atom. The van der Waals surface area contributed by atoms with E-state index in [-0.39, 0.29) is 5.91 Å². The molecule has 0 saturated heterocycles. The van der Waals surface area contributed by atoms with Gasteiger partial charge in [-0.15, -0.1) is 0 Å². The van der Waals surface area contributed by atoms with Crippen LogP contribution in [0.5, 0.6) is 0 Å². The molecule has 0 saturated carbocycles. The third-order valence-electron chi connectivity index (χ3n) is 2.80. The molecule has 0 bridgehead atoms. The lowest BCUT2D eigenvalue weighted by Gasteiger charge is -2.02. The Hall–Kier alpha value is -2.06. The van der Waals surface area contributed by atoms with Crippen molar-refractivity contribution in [2.75, 3.05) is 6.54 Å². The number of hydrogen-bond acceptors (Lipinski definition) is 1. The molecule has 0 aromatic heterocycles. The molecule has 0 unspecified atom stereocenters. The van der Waals surface area contributed by atoms with Crippen molar-refractivity contribution >= 4 is 23.6 Å². The van der Waals surface area contributed by atoms with Crippen LogP contribution in [0.1, 0.15) is 11.1 Å². The molecule has 0 heterocycles. The van der Waals surface area contributed by atoms with Crippen LogP contribution in [0, 0.1) is 0 Å². The van der Waals surface area contributed by atoms with E-state index >= 15 is 0 Å². The van der Waals surface area contributed by atoms with Gasteiger partial charge >= 0.3 is 0 Å². The molecule has 1 N–H and O–H groups in total. The summed E-state index contributed by atoms with van der Waals surface area (Å²) < 4.78 is 0. The van der Waals surface area contributed by atoms with Gasteiger partial charge in [0.15, 0.2) is 0 Å². The van der Waals surface area contributed by atoms with Crippen molar-refractivity contribution < 1.29 is 4.79 Å². The van der Waals surface area contributed by atoms with E-state index in [0.29, 0.717) is 13.0 Å². The second-order valence-corrected chi connectivity index (χ2v) is 4.86. The zero-order valence-corrected chi connectivity index (χ0v) is 11.8. The highest BCUT2D eigenvalue weighted by atomic mass is 35.5. The van der Waals surface area contributed by atoms with Crippen LogP contribution < -0.4 is 5.32 Å². The monoisotopic (exact) mass is 285 g/mol. The first-order valence-corrected chi connectivity index (χ1v) is 6.84. The zero-order valence-electron chi connectivity index (χ0n) is 11.1. The second-order valence-electron chi connectivity index (χ2n) is 4.42. The van der Waals surface area contributed by atoms with Crippen LogP contribution in [0.4, 0.5) is 0 Å².